The number of carboxylic acid groups (broad SMARTS) is 1. The van der Waals surface area contributed by atoms with Crippen LogP contribution in [0.15, 0.2) is 24.3 Å². The van der Waals surface area contributed by atoms with E-state index in [9.17, 15) is 19.1 Å². The molecule has 1 amide bonds. The van der Waals surface area contributed by atoms with E-state index in [2.05, 4.69) is 10.4 Å². The number of rotatable bonds is 6. The lowest BCUT2D eigenvalue weighted by molar-refractivity contribution is -0.144. The van der Waals surface area contributed by atoms with Gasteiger partial charge in [-0.3, -0.25) is 4.79 Å². The molecule has 7 heteroatoms. The highest BCUT2D eigenvalue weighted by Gasteiger charge is 2.36. The van der Waals surface area contributed by atoms with Crippen molar-refractivity contribution in [3.63, 3.8) is 0 Å². The minimum absolute atomic E-state index is 0.185. The van der Waals surface area contributed by atoms with E-state index in [1.807, 2.05) is 6.92 Å². The summed E-state index contributed by atoms with van der Waals surface area (Å²) in [5, 5.41) is 16.4. The van der Waals surface area contributed by atoms with E-state index in [0.717, 1.165) is 17.7 Å². The molecule has 0 radical (unpaired) electrons. The van der Waals surface area contributed by atoms with Gasteiger partial charge in [-0.15, -0.1) is 0 Å². The quantitative estimate of drug-likeness (QED) is 0.831. The lowest BCUT2D eigenvalue weighted by Crippen LogP contribution is -2.52. The van der Waals surface area contributed by atoms with Crippen LogP contribution in [-0.4, -0.2) is 32.3 Å². The highest BCUT2D eigenvalue weighted by Crippen LogP contribution is 2.29. The summed E-state index contributed by atoms with van der Waals surface area (Å²) in [5.74, 6) is -2.03. The van der Waals surface area contributed by atoms with Gasteiger partial charge in [0.2, 0.25) is 0 Å². The number of carbonyl (C=O) groups is 2. The summed E-state index contributed by atoms with van der Waals surface area (Å²) < 4.78 is 15.7. The Labute approximate surface area is 151 Å². The third-order valence-corrected chi connectivity index (χ3v) is 4.84. The lowest BCUT2D eigenvalue weighted by atomic mass is 9.96. The Morgan fingerprint density at radius 3 is 2.73 bits per heavy atom. The minimum Gasteiger partial charge on any atom is -0.480 e. The van der Waals surface area contributed by atoms with Crippen LogP contribution in [0.3, 0.4) is 0 Å². The molecule has 2 N–H and O–H groups in total. The van der Waals surface area contributed by atoms with Crippen molar-refractivity contribution >= 4 is 11.9 Å². The molecule has 1 aromatic carbocycles. The molecule has 1 aliphatic rings. The van der Waals surface area contributed by atoms with Gasteiger partial charge >= 0.3 is 5.97 Å². The Morgan fingerprint density at radius 2 is 2.08 bits per heavy atom. The van der Waals surface area contributed by atoms with Crippen LogP contribution in [0.1, 0.15) is 54.9 Å². The SMILES string of the molecule is CCCC(C)(NC(=O)c1nn(-c2ccccc2F)c2c1CCC2)C(=O)O. The van der Waals surface area contributed by atoms with Gasteiger partial charge in [0.15, 0.2) is 5.69 Å². The zero-order chi connectivity index (χ0) is 18.9. The minimum atomic E-state index is -1.36. The highest BCUT2D eigenvalue weighted by molar-refractivity contribution is 5.97. The molecule has 1 unspecified atom stereocenters. The zero-order valence-electron chi connectivity index (χ0n) is 14.9. The Kier molecular flexibility index (Phi) is 4.80. The van der Waals surface area contributed by atoms with E-state index in [1.54, 1.807) is 18.2 Å². The van der Waals surface area contributed by atoms with Crippen molar-refractivity contribution in [3.05, 3.63) is 47.0 Å². The molecule has 0 aliphatic heterocycles. The Balaban J connectivity index is 1.99. The number of halogens is 1. The number of para-hydroxylation sites is 1. The fraction of sp³-hybridized carbons (Fsp3) is 0.421. The molecule has 1 aromatic heterocycles. The summed E-state index contributed by atoms with van der Waals surface area (Å²) in [5.41, 5.74) is 0.699. The van der Waals surface area contributed by atoms with Crippen molar-refractivity contribution in [3.8, 4) is 5.69 Å². The molecule has 0 bridgehead atoms. The number of benzene rings is 1. The number of carbonyl (C=O) groups excluding carboxylic acids is 1. The average molecular weight is 359 g/mol. The molecule has 6 nitrogen and oxygen atoms in total. The summed E-state index contributed by atoms with van der Waals surface area (Å²) in [6.45, 7) is 3.35. The molecule has 0 saturated heterocycles. The predicted octanol–water partition coefficient (Wildman–Crippen LogP) is 2.87. The standard InChI is InChI=1S/C19H22FN3O3/c1-3-11-19(2,18(25)26)21-17(24)16-12-7-6-10-14(12)23(22-16)15-9-5-4-8-13(15)20/h4-5,8-9H,3,6-7,10-11H2,1-2H3,(H,21,24)(H,25,26). The molecular weight excluding hydrogens is 337 g/mol. The second-order valence-electron chi connectivity index (χ2n) is 6.83. The number of aromatic nitrogens is 2. The van der Waals surface area contributed by atoms with Crippen LogP contribution in [0.4, 0.5) is 4.39 Å². The van der Waals surface area contributed by atoms with Crippen LogP contribution in [0.2, 0.25) is 0 Å². The van der Waals surface area contributed by atoms with Gasteiger partial charge in [0.25, 0.3) is 5.91 Å². The third-order valence-electron chi connectivity index (χ3n) is 4.84. The summed E-state index contributed by atoms with van der Waals surface area (Å²) >= 11 is 0. The summed E-state index contributed by atoms with van der Waals surface area (Å²) in [6.07, 6.45) is 3.15. The van der Waals surface area contributed by atoms with E-state index in [4.69, 9.17) is 0 Å². The maximum Gasteiger partial charge on any atom is 0.329 e. The average Bonchev–Trinajstić information content (AvgIpc) is 3.18. The predicted molar refractivity (Wildman–Crippen MR) is 94.0 cm³/mol. The molecule has 0 fully saturated rings. The van der Waals surface area contributed by atoms with Gasteiger partial charge in [0, 0.05) is 11.3 Å². The summed E-state index contributed by atoms with van der Waals surface area (Å²) in [4.78, 5) is 24.4. The number of hydrogen-bond acceptors (Lipinski definition) is 3. The first-order valence-electron chi connectivity index (χ1n) is 8.79. The van der Waals surface area contributed by atoms with Crippen molar-refractivity contribution < 1.29 is 19.1 Å². The van der Waals surface area contributed by atoms with Crippen molar-refractivity contribution in [2.75, 3.05) is 0 Å². The molecule has 0 saturated carbocycles. The van der Waals surface area contributed by atoms with Crippen molar-refractivity contribution in [1.29, 1.82) is 0 Å². The second-order valence-corrected chi connectivity index (χ2v) is 6.83. The zero-order valence-corrected chi connectivity index (χ0v) is 14.9. The van der Waals surface area contributed by atoms with E-state index < -0.39 is 23.2 Å². The van der Waals surface area contributed by atoms with E-state index >= 15 is 0 Å². The van der Waals surface area contributed by atoms with Crippen molar-refractivity contribution in [2.45, 2.75) is 51.5 Å². The molecule has 1 heterocycles. The molecule has 0 spiro atoms. The fourth-order valence-corrected chi connectivity index (χ4v) is 3.48. The largest absolute Gasteiger partial charge is 0.480 e. The Hall–Kier alpha value is -2.70. The van der Waals surface area contributed by atoms with Crippen molar-refractivity contribution in [2.24, 2.45) is 0 Å². The van der Waals surface area contributed by atoms with Crippen LogP contribution in [0.5, 0.6) is 0 Å². The first kappa shape index (κ1) is 18.1. The van der Waals surface area contributed by atoms with Crippen LogP contribution >= 0.6 is 0 Å². The van der Waals surface area contributed by atoms with E-state index in [1.165, 1.54) is 17.7 Å². The van der Waals surface area contributed by atoms with Gasteiger partial charge in [-0.1, -0.05) is 25.5 Å². The monoisotopic (exact) mass is 359 g/mol. The Morgan fingerprint density at radius 1 is 1.35 bits per heavy atom. The molecule has 138 valence electrons. The number of nitrogens with zero attached hydrogens (tertiary/aromatic N) is 2. The van der Waals surface area contributed by atoms with Gasteiger partial charge in [-0.25, -0.2) is 13.9 Å². The first-order valence-corrected chi connectivity index (χ1v) is 8.79. The normalized spacial score (nSPS) is 15.3. The van der Waals surface area contributed by atoms with Crippen molar-refractivity contribution in [1.82, 2.24) is 15.1 Å². The first-order chi connectivity index (χ1) is 12.4. The van der Waals surface area contributed by atoms with Crippen LogP contribution in [0, 0.1) is 5.82 Å². The number of carboxylic acids is 1. The van der Waals surface area contributed by atoms with Gasteiger partial charge in [-0.2, -0.15) is 5.10 Å². The smallest absolute Gasteiger partial charge is 0.329 e. The maximum atomic E-state index is 14.2. The topological polar surface area (TPSA) is 84.2 Å². The highest BCUT2D eigenvalue weighted by atomic mass is 19.1. The third kappa shape index (κ3) is 3.09. The van der Waals surface area contributed by atoms with Crippen LogP contribution in [0.25, 0.3) is 5.69 Å². The second kappa shape index (κ2) is 6.90. The van der Waals surface area contributed by atoms with Crippen LogP contribution in [-0.2, 0) is 17.6 Å². The number of hydrogen-bond donors (Lipinski definition) is 2. The van der Waals surface area contributed by atoms with Gasteiger partial charge in [0.1, 0.15) is 17.0 Å². The van der Waals surface area contributed by atoms with Gasteiger partial charge in [0.05, 0.1) is 0 Å². The molecule has 26 heavy (non-hydrogen) atoms. The molecular formula is C19H22FN3O3. The van der Waals surface area contributed by atoms with Crippen LogP contribution < -0.4 is 5.32 Å². The number of amides is 1. The molecule has 3 rings (SSSR count). The maximum absolute atomic E-state index is 14.2. The van der Waals surface area contributed by atoms with E-state index in [0.29, 0.717) is 31.4 Å². The molecule has 2 aromatic rings. The number of nitrogens with one attached hydrogen (secondary N) is 1. The van der Waals surface area contributed by atoms with Gasteiger partial charge in [-0.05, 0) is 44.7 Å². The summed E-state index contributed by atoms with van der Waals surface area (Å²) in [6, 6.07) is 6.27. The number of fused-ring (bicyclic) bond motifs is 1. The fourth-order valence-electron chi connectivity index (χ4n) is 3.48. The molecule has 1 aliphatic carbocycles. The van der Waals surface area contributed by atoms with E-state index in [-0.39, 0.29) is 5.69 Å². The van der Waals surface area contributed by atoms with Gasteiger partial charge < -0.3 is 10.4 Å². The molecule has 1 atom stereocenters. The Bertz CT molecular complexity index is 862. The summed E-state index contributed by atoms with van der Waals surface area (Å²) in [7, 11) is 0. The lowest BCUT2D eigenvalue weighted by Gasteiger charge is -2.25. The number of aliphatic carboxylic acids is 1.